The molecule has 1 aliphatic carbocycles. The second kappa shape index (κ2) is 4.56. The lowest BCUT2D eigenvalue weighted by molar-refractivity contribution is 0.393. The Bertz CT molecular complexity index is 400. The summed E-state index contributed by atoms with van der Waals surface area (Å²) in [5, 5.41) is 9.20. The average Bonchev–Trinajstić information content (AvgIpc) is 2.29. The third kappa shape index (κ3) is 2.75. The molecule has 1 heteroatoms. The zero-order chi connectivity index (χ0) is 11.4. The Balaban J connectivity index is 1.94. The van der Waals surface area contributed by atoms with Crippen molar-refractivity contribution >= 4 is 0 Å². The van der Waals surface area contributed by atoms with Gasteiger partial charge >= 0.3 is 0 Å². The van der Waals surface area contributed by atoms with Crippen LogP contribution < -0.4 is 0 Å². The molecule has 0 heterocycles. The molecule has 0 spiro atoms. The number of rotatable bonds is 3. The zero-order valence-corrected chi connectivity index (χ0v) is 9.69. The number of hydrogen-bond donors (Lipinski definition) is 1. The Kier molecular flexibility index (Phi) is 3.14. The fraction of sp³-hybridized carbons (Fsp3) is 0.333. The van der Waals surface area contributed by atoms with Crippen molar-refractivity contribution in [2.45, 2.75) is 26.2 Å². The molecule has 1 aromatic rings. The van der Waals surface area contributed by atoms with Crippen molar-refractivity contribution in [3.63, 3.8) is 0 Å². The second-order valence-corrected chi connectivity index (χ2v) is 4.81. The molecule has 16 heavy (non-hydrogen) atoms. The van der Waals surface area contributed by atoms with E-state index in [9.17, 15) is 5.11 Å². The van der Waals surface area contributed by atoms with Crippen molar-refractivity contribution in [3.8, 4) is 5.75 Å². The average molecular weight is 214 g/mol. The summed E-state index contributed by atoms with van der Waals surface area (Å²) in [6, 6.07) is 7.52. The van der Waals surface area contributed by atoms with Gasteiger partial charge in [-0.1, -0.05) is 43.4 Å². The lowest BCUT2D eigenvalue weighted by Gasteiger charge is -2.26. The van der Waals surface area contributed by atoms with E-state index in [-0.39, 0.29) is 0 Å². The standard InChI is InChI=1S/C15H18O/c1-15(10-3-2-4-11-15)12-9-13-5-7-14(16)8-6-13/h2-8,10,16H,9,11-12H2,1H3. The molecule has 1 N–H and O–H groups in total. The molecule has 0 bridgehead atoms. The summed E-state index contributed by atoms with van der Waals surface area (Å²) in [7, 11) is 0. The minimum atomic E-state index is 0.298. The van der Waals surface area contributed by atoms with E-state index in [1.54, 1.807) is 12.1 Å². The summed E-state index contributed by atoms with van der Waals surface area (Å²) in [4.78, 5) is 0. The number of hydrogen-bond acceptors (Lipinski definition) is 1. The minimum absolute atomic E-state index is 0.298. The highest BCUT2D eigenvalue weighted by Gasteiger charge is 2.20. The Labute approximate surface area is 97.1 Å². The van der Waals surface area contributed by atoms with Gasteiger partial charge in [0.15, 0.2) is 0 Å². The number of phenolic OH excluding ortho intramolecular Hbond substituents is 1. The van der Waals surface area contributed by atoms with Gasteiger partial charge in [-0.15, -0.1) is 0 Å². The van der Waals surface area contributed by atoms with Crippen molar-refractivity contribution in [3.05, 3.63) is 54.1 Å². The number of benzene rings is 1. The first-order valence-electron chi connectivity index (χ1n) is 5.80. The molecular weight excluding hydrogens is 196 g/mol. The van der Waals surface area contributed by atoms with Gasteiger partial charge in [0.2, 0.25) is 0 Å². The molecule has 1 unspecified atom stereocenters. The number of aromatic hydroxyl groups is 1. The van der Waals surface area contributed by atoms with E-state index in [1.165, 1.54) is 5.56 Å². The summed E-state index contributed by atoms with van der Waals surface area (Å²) in [6.07, 6.45) is 12.1. The lowest BCUT2D eigenvalue weighted by atomic mass is 9.79. The molecule has 0 aliphatic heterocycles. The monoisotopic (exact) mass is 214 g/mol. The highest BCUT2D eigenvalue weighted by Crippen LogP contribution is 2.32. The van der Waals surface area contributed by atoms with Crippen LogP contribution in [0, 0.1) is 5.41 Å². The molecule has 1 aromatic carbocycles. The van der Waals surface area contributed by atoms with Crippen LogP contribution in [0.15, 0.2) is 48.6 Å². The van der Waals surface area contributed by atoms with E-state index < -0.39 is 0 Å². The molecular formula is C15H18O. The van der Waals surface area contributed by atoms with Crippen LogP contribution in [0.5, 0.6) is 5.75 Å². The first kappa shape index (κ1) is 11.0. The second-order valence-electron chi connectivity index (χ2n) is 4.81. The highest BCUT2D eigenvalue weighted by molar-refractivity contribution is 5.26. The summed E-state index contributed by atoms with van der Waals surface area (Å²) in [5.74, 6) is 0.343. The van der Waals surface area contributed by atoms with Crippen molar-refractivity contribution in [2.75, 3.05) is 0 Å². The molecule has 84 valence electrons. The molecule has 1 nitrogen and oxygen atoms in total. The Morgan fingerprint density at radius 2 is 1.94 bits per heavy atom. The van der Waals surface area contributed by atoms with Gasteiger partial charge < -0.3 is 5.11 Å². The molecule has 1 atom stereocenters. The fourth-order valence-corrected chi connectivity index (χ4v) is 2.05. The SMILES string of the molecule is CC1(CCc2ccc(O)cc2)C=CC=CC1. The summed E-state index contributed by atoms with van der Waals surface area (Å²) < 4.78 is 0. The maximum absolute atomic E-state index is 9.20. The third-order valence-corrected chi connectivity index (χ3v) is 3.25. The minimum Gasteiger partial charge on any atom is -0.508 e. The van der Waals surface area contributed by atoms with Crippen molar-refractivity contribution in [1.82, 2.24) is 0 Å². The van der Waals surface area contributed by atoms with Crippen LogP contribution in [-0.2, 0) is 6.42 Å². The van der Waals surface area contributed by atoms with Crippen molar-refractivity contribution in [2.24, 2.45) is 5.41 Å². The van der Waals surface area contributed by atoms with Crippen molar-refractivity contribution in [1.29, 1.82) is 0 Å². The summed E-state index contributed by atoms with van der Waals surface area (Å²) >= 11 is 0. The zero-order valence-electron chi connectivity index (χ0n) is 9.69. The first-order valence-corrected chi connectivity index (χ1v) is 5.80. The Hall–Kier alpha value is -1.50. The van der Waals surface area contributed by atoms with Gasteiger partial charge in [-0.05, 0) is 42.4 Å². The van der Waals surface area contributed by atoms with E-state index in [1.807, 2.05) is 12.1 Å². The summed E-state index contributed by atoms with van der Waals surface area (Å²) in [6.45, 7) is 2.30. The smallest absolute Gasteiger partial charge is 0.115 e. The van der Waals surface area contributed by atoms with E-state index in [0.29, 0.717) is 11.2 Å². The van der Waals surface area contributed by atoms with Gasteiger partial charge in [-0.25, -0.2) is 0 Å². The van der Waals surface area contributed by atoms with E-state index in [0.717, 1.165) is 19.3 Å². The molecule has 0 aromatic heterocycles. The Morgan fingerprint density at radius 3 is 2.56 bits per heavy atom. The van der Waals surface area contributed by atoms with Gasteiger partial charge in [-0.2, -0.15) is 0 Å². The van der Waals surface area contributed by atoms with Gasteiger partial charge in [0, 0.05) is 0 Å². The number of aryl methyl sites for hydroxylation is 1. The van der Waals surface area contributed by atoms with Gasteiger partial charge in [0.25, 0.3) is 0 Å². The van der Waals surface area contributed by atoms with Crippen LogP contribution in [0.1, 0.15) is 25.3 Å². The van der Waals surface area contributed by atoms with Crippen LogP contribution in [0.2, 0.25) is 0 Å². The predicted octanol–water partition coefficient (Wildman–Crippen LogP) is 3.85. The third-order valence-electron chi connectivity index (χ3n) is 3.25. The molecule has 0 saturated heterocycles. The topological polar surface area (TPSA) is 20.2 Å². The molecule has 0 amide bonds. The number of phenols is 1. The van der Waals surface area contributed by atoms with Gasteiger partial charge in [-0.3, -0.25) is 0 Å². The molecule has 2 rings (SSSR count). The first-order chi connectivity index (χ1) is 7.68. The van der Waals surface area contributed by atoms with Crippen LogP contribution >= 0.6 is 0 Å². The van der Waals surface area contributed by atoms with E-state index in [4.69, 9.17) is 0 Å². The van der Waals surface area contributed by atoms with Gasteiger partial charge in [0.05, 0.1) is 0 Å². The maximum Gasteiger partial charge on any atom is 0.115 e. The maximum atomic E-state index is 9.20. The normalized spacial score (nSPS) is 23.6. The Morgan fingerprint density at radius 1 is 1.19 bits per heavy atom. The number of allylic oxidation sites excluding steroid dienone is 4. The molecule has 0 radical (unpaired) electrons. The van der Waals surface area contributed by atoms with Crippen LogP contribution in [0.4, 0.5) is 0 Å². The lowest BCUT2D eigenvalue weighted by Crippen LogP contribution is -2.14. The quantitative estimate of drug-likeness (QED) is 0.810. The van der Waals surface area contributed by atoms with Gasteiger partial charge in [0.1, 0.15) is 5.75 Å². The fourth-order valence-electron chi connectivity index (χ4n) is 2.05. The summed E-state index contributed by atoms with van der Waals surface area (Å²) in [5.41, 5.74) is 1.59. The van der Waals surface area contributed by atoms with E-state index >= 15 is 0 Å². The highest BCUT2D eigenvalue weighted by atomic mass is 16.3. The van der Waals surface area contributed by atoms with Crippen LogP contribution in [0.25, 0.3) is 0 Å². The molecule has 1 aliphatic rings. The van der Waals surface area contributed by atoms with Crippen LogP contribution in [-0.4, -0.2) is 5.11 Å². The molecule has 0 fully saturated rings. The van der Waals surface area contributed by atoms with E-state index in [2.05, 4.69) is 31.2 Å². The molecule has 0 saturated carbocycles. The van der Waals surface area contributed by atoms with Crippen LogP contribution in [0.3, 0.4) is 0 Å². The largest absolute Gasteiger partial charge is 0.508 e. The van der Waals surface area contributed by atoms with Crippen molar-refractivity contribution < 1.29 is 5.11 Å². The predicted molar refractivity (Wildman–Crippen MR) is 67.4 cm³/mol.